The van der Waals surface area contributed by atoms with Crippen molar-refractivity contribution in [1.82, 2.24) is 9.97 Å². The van der Waals surface area contributed by atoms with Gasteiger partial charge in [0.1, 0.15) is 17.0 Å². The average molecular weight is 335 g/mol. The minimum Gasteiger partial charge on any atom is -0.437 e. The van der Waals surface area contributed by atoms with Crippen molar-refractivity contribution in [1.29, 1.82) is 0 Å². The molecule has 0 aliphatic rings. The summed E-state index contributed by atoms with van der Waals surface area (Å²) in [4.78, 5) is 31.4. The molecule has 0 spiro atoms. The van der Waals surface area contributed by atoms with Gasteiger partial charge in [-0.3, -0.25) is 9.59 Å². The van der Waals surface area contributed by atoms with Crippen molar-refractivity contribution in [3.63, 3.8) is 0 Å². The maximum Gasteiger partial charge on any atom is 0.261 e. The van der Waals surface area contributed by atoms with E-state index in [9.17, 15) is 9.59 Å². The van der Waals surface area contributed by atoms with E-state index in [2.05, 4.69) is 15.3 Å². The van der Waals surface area contributed by atoms with Crippen LogP contribution in [0.25, 0.3) is 0 Å². The largest absolute Gasteiger partial charge is 0.437 e. The zero-order valence-corrected chi connectivity index (χ0v) is 13.9. The highest BCUT2D eigenvalue weighted by Gasteiger charge is 2.14. The van der Waals surface area contributed by atoms with Crippen LogP contribution < -0.4 is 15.5 Å². The SMILES string of the molecule is Cc1cc(=O)c(C(=O)Nc2cccnc2Oc2ccccc2C)c[nH]1. The number of ether oxygens (including phenoxy) is 1. The number of carbonyl (C=O) groups is 1. The van der Waals surface area contributed by atoms with Crippen LogP contribution >= 0.6 is 0 Å². The Balaban J connectivity index is 1.87. The molecule has 0 unspecified atom stereocenters. The third kappa shape index (κ3) is 3.74. The molecule has 6 heteroatoms. The molecule has 0 bridgehead atoms. The number of hydrogen-bond donors (Lipinski definition) is 2. The maximum atomic E-state index is 12.4. The van der Waals surface area contributed by atoms with Gasteiger partial charge in [0.15, 0.2) is 5.43 Å². The number of hydrogen-bond acceptors (Lipinski definition) is 4. The summed E-state index contributed by atoms with van der Waals surface area (Å²) < 4.78 is 5.81. The number of aromatic amines is 1. The lowest BCUT2D eigenvalue weighted by molar-refractivity contribution is 0.102. The molecule has 126 valence electrons. The molecule has 2 N–H and O–H groups in total. The number of aryl methyl sites for hydroxylation is 2. The van der Waals surface area contributed by atoms with Gasteiger partial charge in [0.25, 0.3) is 5.91 Å². The molecule has 2 heterocycles. The van der Waals surface area contributed by atoms with E-state index in [1.807, 2.05) is 31.2 Å². The van der Waals surface area contributed by atoms with E-state index < -0.39 is 5.91 Å². The molecule has 1 amide bonds. The fourth-order valence-corrected chi connectivity index (χ4v) is 2.28. The number of benzene rings is 1. The number of carbonyl (C=O) groups excluding carboxylic acids is 1. The van der Waals surface area contributed by atoms with Crippen molar-refractivity contribution in [2.75, 3.05) is 5.32 Å². The number of aromatic nitrogens is 2. The number of pyridine rings is 2. The number of amides is 1. The number of para-hydroxylation sites is 1. The molecule has 0 aliphatic heterocycles. The molecule has 0 aliphatic carbocycles. The Morgan fingerprint density at radius 2 is 1.96 bits per heavy atom. The van der Waals surface area contributed by atoms with E-state index in [0.717, 1.165) is 5.56 Å². The number of H-pyrrole nitrogens is 1. The standard InChI is InChI=1S/C19H17N3O3/c1-12-6-3-4-8-17(12)25-19-15(7-5-9-20-19)22-18(24)14-11-21-13(2)10-16(14)23/h3-11H,1-2H3,(H,21,23)(H,22,24). The molecular formula is C19H17N3O3. The number of anilines is 1. The normalized spacial score (nSPS) is 10.3. The molecule has 0 atom stereocenters. The van der Waals surface area contributed by atoms with Gasteiger partial charge in [-0.2, -0.15) is 0 Å². The van der Waals surface area contributed by atoms with Gasteiger partial charge in [0.2, 0.25) is 5.88 Å². The summed E-state index contributed by atoms with van der Waals surface area (Å²) in [6.07, 6.45) is 2.97. The fourth-order valence-electron chi connectivity index (χ4n) is 2.28. The van der Waals surface area contributed by atoms with E-state index >= 15 is 0 Å². The topological polar surface area (TPSA) is 84.1 Å². The van der Waals surface area contributed by atoms with Crippen LogP contribution in [0.2, 0.25) is 0 Å². The van der Waals surface area contributed by atoms with Gasteiger partial charge in [0.05, 0.1) is 0 Å². The summed E-state index contributed by atoms with van der Waals surface area (Å²) in [6.45, 7) is 3.67. The van der Waals surface area contributed by atoms with Crippen LogP contribution in [-0.2, 0) is 0 Å². The summed E-state index contributed by atoms with van der Waals surface area (Å²) in [5.74, 6) is 0.377. The Hall–Kier alpha value is -3.41. The fraction of sp³-hybridized carbons (Fsp3) is 0.105. The summed E-state index contributed by atoms with van der Waals surface area (Å²) in [5.41, 5.74) is 1.69. The Bertz CT molecular complexity index is 979. The van der Waals surface area contributed by atoms with Crippen molar-refractivity contribution in [3.8, 4) is 11.6 Å². The van der Waals surface area contributed by atoms with Gasteiger partial charge in [-0.05, 0) is 37.6 Å². The van der Waals surface area contributed by atoms with E-state index in [0.29, 0.717) is 17.1 Å². The lowest BCUT2D eigenvalue weighted by Gasteiger charge is -2.12. The highest BCUT2D eigenvalue weighted by Crippen LogP contribution is 2.28. The predicted octanol–water partition coefficient (Wildman–Crippen LogP) is 3.43. The number of rotatable bonds is 4. The molecule has 3 aromatic rings. The van der Waals surface area contributed by atoms with Crippen LogP contribution in [0.1, 0.15) is 21.6 Å². The maximum absolute atomic E-state index is 12.4. The lowest BCUT2D eigenvalue weighted by atomic mass is 10.2. The first-order valence-corrected chi connectivity index (χ1v) is 7.74. The second-order valence-electron chi connectivity index (χ2n) is 5.57. The molecular weight excluding hydrogens is 318 g/mol. The van der Waals surface area contributed by atoms with Crippen molar-refractivity contribution >= 4 is 11.6 Å². The average Bonchev–Trinajstić information content (AvgIpc) is 2.58. The number of nitrogens with zero attached hydrogens (tertiary/aromatic N) is 1. The molecule has 1 aromatic carbocycles. The second-order valence-corrected chi connectivity index (χ2v) is 5.57. The van der Waals surface area contributed by atoms with E-state index in [1.54, 1.807) is 25.3 Å². The van der Waals surface area contributed by atoms with Crippen LogP contribution in [0.4, 0.5) is 5.69 Å². The second kappa shape index (κ2) is 7.00. The Morgan fingerprint density at radius 3 is 2.72 bits per heavy atom. The van der Waals surface area contributed by atoms with Crippen molar-refractivity contribution in [2.24, 2.45) is 0 Å². The Labute approximate surface area is 144 Å². The zero-order chi connectivity index (χ0) is 17.8. The highest BCUT2D eigenvalue weighted by molar-refractivity contribution is 6.04. The van der Waals surface area contributed by atoms with Crippen LogP contribution in [-0.4, -0.2) is 15.9 Å². The summed E-state index contributed by atoms with van der Waals surface area (Å²) in [6, 6.07) is 12.2. The van der Waals surface area contributed by atoms with Crippen LogP contribution in [0.15, 0.2) is 59.7 Å². The third-order valence-electron chi connectivity index (χ3n) is 3.62. The molecule has 0 saturated heterocycles. The van der Waals surface area contributed by atoms with Gasteiger partial charge < -0.3 is 15.0 Å². The smallest absolute Gasteiger partial charge is 0.261 e. The molecule has 3 rings (SSSR count). The third-order valence-corrected chi connectivity index (χ3v) is 3.62. The molecule has 0 fully saturated rings. The highest BCUT2D eigenvalue weighted by atomic mass is 16.5. The Morgan fingerprint density at radius 1 is 1.16 bits per heavy atom. The van der Waals surface area contributed by atoms with E-state index in [4.69, 9.17) is 4.74 Å². The Kier molecular flexibility index (Phi) is 4.61. The summed E-state index contributed by atoms with van der Waals surface area (Å²) in [7, 11) is 0. The first-order chi connectivity index (χ1) is 12.0. The van der Waals surface area contributed by atoms with Gasteiger partial charge in [0, 0.05) is 24.2 Å². The molecule has 6 nitrogen and oxygen atoms in total. The molecule has 0 radical (unpaired) electrons. The zero-order valence-electron chi connectivity index (χ0n) is 13.9. The van der Waals surface area contributed by atoms with Crippen LogP contribution in [0.5, 0.6) is 11.6 Å². The predicted molar refractivity (Wildman–Crippen MR) is 95.2 cm³/mol. The minimum absolute atomic E-state index is 0.0243. The number of nitrogens with one attached hydrogen (secondary N) is 2. The summed E-state index contributed by atoms with van der Waals surface area (Å²) in [5, 5.41) is 2.68. The first-order valence-electron chi connectivity index (χ1n) is 7.74. The quantitative estimate of drug-likeness (QED) is 0.765. The minimum atomic E-state index is -0.524. The van der Waals surface area contributed by atoms with Crippen molar-refractivity contribution < 1.29 is 9.53 Å². The molecule has 2 aromatic heterocycles. The summed E-state index contributed by atoms with van der Waals surface area (Å²) >= 11 is 0. The van der Waals surface area contributed by atoms with Gasteiger partial charge >= 0.3 is 0 Å². The monoisotopic (exact) mass is 335 g/mol. The first kappa shape index (κ1) is 16.4. The van der Waals surface area contributed by atoms with E-state index in [-0.39, 0.29) is 16.9 Å². The molecule has 25 heavy (non-hydrogen) atoms. The van der Waals surface area contributed by atoms with Gasteiger partial charge in [-0.1, -0.05) is 18.2 Å². The lowest BCUT2D eigenvalue weighted by Crippen LogP contribution is -2.21. The molecule has 0 saturated carbocycles. The van der Waals surface area contributed by atoms with Crippen LogP contribution in [0.3, 0.4) is 0 Å². The van der Waals surface area contributed by atoms with Crippen LogP contribution in [0, 0.1) is 13.8 Å². The van der Waals surface area contributed by atoms with Crippen molar-refractivity contribution in [2.45, 2.75) is 13.8 Å². The van der Waals surface area contributed by atoms with Crippen molar-refractivity contribution in [3.05, 3.63) is 81.9 Å². The van der Waals surface area contributed by atoms with Gasteiger partial charge in [-0.25, -0.2) is 4.98 Å². The van der Waals surface area contributed by atoms with E-state index in [1.165, 1.54) is 12.3 Å². The van der Waals surface area contributed by atoms with Gasteiger partial charge in [-0.15, -0.1) is 0 Å².